The highest BCUT2D eigenvalue weighted by Crippen LogP contribution is 2.21. The fraction of sp³-hybridized carbons (Fsp3) is 0.875. The van der Waals surface area contributed by atoms with Gasteiger partial charge in [0.25, 0.3) is 0 Å². The maximum Gasteiger partial charge on any atom is 0.339 e. The summed E-state index contributed by atoms with van der Waals surface area (Å²) in [6.07, 6.45) is -0.0913. The minimum atomic E-state index is -0.416. The van der Waals surface area contributed by atoms with Gasteiger partial charge in [-0.2, -0.15) is 4.89 Å². The van der Waals surface area contributed by atoms with Crippen LogP contribution in [0.4, 0.5) is 0 Å². The molecule has 0 rings (SSSR count). The summed E-state index contributed by atoms with van der Waals surface area (Å²) in [7, 11) is 0. The molecule has 1 unspecified atom stereocenters. The second-order valence-corrected chi connectivity index (χ2v) is 3.68. The summed E-state index contributed by atoms with van der Waals surface area (Å²) >= 11 is 0. The summed E-state index contributed by atoms with van der Waals surface area (Å²) in [5, 5.41) is 0. The van der Waals surface area contributed by atoms with E-state index >= 15 is 0 Å². The molecule has 0 bridgehead atoms. The average molecular weight is 160 g/mol. The third-order valence-corrected chi connectivity index (χ3v) is 1.53. The molecule has 0 aromatic rings. The first kappa shape index (κ1) is 10.4. The summed E-state index contributed by atoms with van der Waals surface area (Å²) < 4.78 is 0. The summed E-state index contributed by atoms with van der Waals surface area (Å²) in [5.41, 5.74) is -0.00451. The molecule has 0 N–H and O–H groups in total. The van der Waals surface area contributed by atoms with Gasteiger partial charge in [0.2, 0.25) is 0 Å². The molecule has 0 heterocycles. The number of rotatable bonds is 2. The van der Waals surface area contributed by atoms with Crippen molar-refractivity contribution in [2.24, 2.45) is 5.41 Å². The molecule has 0 amide bonds. The van der Waals surface area contributed by atoms with Gasteiger partial charge in [-0.3, -0.25) is 4.89 Å². The van der Waals surface area contributed by atoms with Gasteiger partial charge in [-0.15, -0.1) is 0 Å². The second kappa shape index (κ2) is 3.72. The van der Waals surface area contributed by atoms with Crippen LogP contribution < -0.4 is 0 Å². The smallest absolute Gasteiger partial charge is 0.298 e. The van der Waals surface area contributed by atoms with Crippen LogP contribution in [0.3, 0.4) is 0 Å². The Bertz CT molecular complexity index is 135. The Labute approximate surface area is 67.6 Å². The second-order valence-electron chi connectivity index (χ2n) is 3.68. The van der Waals surface area contributed by atoms with Crippen molar-refractivity contribution in [3.63, 3.8) is 0 Å². The van der Waals surface area contributed by atoms with Crippen LogP contribution in [0.25, 0.3) is 0 Å². The van der Waals surface area contributed by atoms with Crippen molar-refractivity contribution in [3.8, 4) is 0 Å². The number of carbonyl (C=O) groups excluding carboxylic acids is 1. The minimum Gasteiger partial charge on any atom is -0.298 e. The molecular weight excluding hydrogens is 144 g/mol. The molecular formula is C8H16O3. The molecule has 0 saturated heterocycles. The first-order valence-corrected chi connectivity index (χ1v) is 3.68. The Morgan fingerprint density at radius 1 is 1.36 bits per heavy atom. The van der Waals surface area contributed by atoms with Crippen LogP contribution in [0.15, 0.2) is 0 Å². The number of hydrogen-bond donors (Lipinski definition) is 0. The predicted molar refractivity (Wildman–Crippen MR) is 41.8 cm³/mol. The SMILES string of the molecule is CC(=O)OOC(C)C(C)(C)C. The van der Waals surface area contributed by atoms with Crippen molar-refractivity contribution in [1.82, 2.24) is 0 Å². The summed E-state index contributed by atoms with van der Waals surface area (Å²) in [6.45, 7) is 9.22. The fourth-order valence-electron chi connectivity index (χ4n) is 0.284. The molecule has 0 spiro atoms. The third-order valence-electron chi connectivity index (χ3n) is 1.53. The lowest BCUT2D eigenvalue weighted by molar-refractivity contribution is -0.308. The van der Waals surface area contributed by atoms with Gasteiger partial charge in [0.05, 0.1) is 0 Å². The number of hydrogen-bond acceptors (Lipinski definition) is 3. The van der Waals surface area contributed by atoms with E-state index in [1.807, 2.05) is 27.7 Å². The van der Waals surface area contributed by atoms with Crippen molar-refractivity contribution >= 4 is 5.97 Å². The highest BCUT2D eigenvalue weighted by atomic mass is 17.2. The van der Waals surface area contributed by atoms with Crippen molar-refractivity contribution < 1.29 is 14.6 Å². The van der Waals surface area contributed by atoms with Crippen LogP contribution in [0.2, 0.25) is 0 Å². The topological polar surface area (TPSA) is 35.5 Å². The van der Waals surface area contributed by atoms with Crippen LogP contribution >= 0.6 is 0 Å². The molecule has 66 valence electrons. The van der Waals surface area contributed by atoms with E-state index in [1.165, 1.54) is 6.92 Å². The predicted octanol–water partition coefficient (Wildman–Crippen LogP) is 1.92. The maximum absolute atomic E-state index is 10.3. The Kier molecular flexibility index (Phi) is 3.52. The normalized spacial score (nSPS) is 14.3. The van der Waals surface area contributed by atoms with Gasteiger partial charge in [-0.05, 0) is 12.3 Å². The maximum atomic E-state index is 10.3. The van der Waals surface area contributed by atoms with Crippen LogP contribution in [0.1, 0.15) is 34.6 Å². The van der Waals surface area contributed by atoms with Crippen LogP contribution in [0.5, 0.6) is 0 Å². The molecule has 0 saturated carbocycles. The highest BCUT2D eigenvalue weighted by Gasteiger charge is 2.22. The molecule has 0 aliphatic carbocycles. The van der Waals surface area contributed by atoms with Gasteiger partial charge in [0.15, 0.2) is 0 Å². The Balaban J connectivity index is 3.70. The van der Waals surface area contributed by atoms with Crippen molar-refractivity contribution in [2.75, 3.05) is 0 Å². The quantitative estimate of drug-likeness (QED) is 0.457. The molecule has 11 heavy (non-hydrogen) atoms. The lowest BCUT2D eigenvalue weighted by Gasteiger charge is -2.24. The van der Waals surface area contributed by atoms with Crippen LogP contribution in [-0.2, 0) is 14.6 Å². The molecule has 3 nitrogen and oxygen atoms in total. The standard InChI is InChI=1S/C8H16O3/c1-6(8(3,4)5)10-11-7(2)9/h6H,1-5H3. The van der Waals surface area contributed by atoms with E-state index in [0.717, 1.165) is 0 Å². The minimum absolute atomic E-state index is 0.00451. The Morgan fingerprint density at radius 2 is 1.82 bits per heavy atom. The first-order valence-electron chi connectivity index (χ1n) is 3.68. The zero-order chi connectivity index (χ0) is 9.07. The molecule has 0 radical (unpaired) electrons. The van der Waals surface area contributed by atoms with Crippen LogP contribution in [0, 0.1) is 5.41 Å². The molecule has 0 aromatic heterocycles. The third kappa shape index (κ3) is 4.79. The van der Waals surface area contributed by atoms with Gasteiger partial charge < -0.3 is 0 Å². The van der Waals surface area contributed by atoms with Crippen molar-refractivity contribution in [3.05, 3.63) is 0 Å². The molecule has 3 heteroatoms. The van der Waals surface area contributed by atoms with E-state index in [-0.39, 0.29) is 11.5 Å². The fourth-order valence-corrected chi connectivity index (χ4v) is 0.284. The van der Waals surface area contributed by atoms with Crippen molar-refractivity contribution in [1.29, 1.82) is 0 Å². The largest absolute Gasteiger partial charge is 0.339 e. The van der Waals surface area contributed by atoms with Gasteiger partial charge in [0.1, 0.15) is 6.10 Å². The molecule has 0 aromatic carbocycles. The Hall–Kier alpha value is -0.570. The van der Waals surface area contributed by atoms with E-state index < -0.39 is 5.97 Å². The lowest BCUT2D eigenvalue weighted by Crippen LogP contribution is -2.26. The van der Waals surface area contributed by atoms with Gasteiger partial charge in [-0.25, -0.2) is 4.79 Å². The Morgan fingerprint density at radius 3 is 2.09 bits per heavy atom. The summed E-state index contributed by atoms with van der Waals surface area (Å²) in [6, 6.07) is 0. The van der Waals surface area contributed by atoms with E-state index in [2.05, 4.69) is 4.89 Å². The van der Waals surface area contributed by atoms with E-state index in [4.69, 9.17) is 4.89 Å². The van der Waals surface area contributed by atoms with Gasteiger partial charge in [-0.1, -0.05) is 20.8 Å². The molecule has 0 aliphatic heterocycles. The number of carbonyl (C=O) groups is 1. The monoisotopic (exact) mass is 160 g/mol. The van der Waals surface area contributed by atoms with Gasteiger partial charge >= 0.3 is 5.97 Å². The highest BCUT2D eigenvalue weighted by molar-refractivity contribution is 5.65. The summed E-state index contributed by atoms with van der Waals surface area (Å²) in [4.78, 5) is 19.5. The molecule has 0 aliphatic rings. The zero-order valence-corrected chi connectivity index (χ0v) is 7.80. The van der Waals surface area contributed by atoms with Gasteiger partial charge in [0, 0.05) is 6.92 Å². The lowest BCUT2D eigenvalue weighted by atomic mass is 9.91. The molecule has 1 atom stereocenters. The molecule has 0 fully saturated rings. The van der Waals surface area contributed by atoms with E-state index in [0.29, 0.717) is 0 Å². The average Bonchev–Trinajstić information content (AvgIpc) is 1.80. The summed E-state index contributed by atoms with van der Waals surface area (Å²) in [5.74, 6) is -0.416. The van der Waals surface area contributed by atoms with Crippen molar-refractivity contribution in [2.45, 2.75) is 40.7 Å². The zero-order valence-electron chi connectivity index (χ0n) is 7.80. The van der Waals surface area contributed by atoms with E-state index in [1.54, 1.807) is 0 Å². The van der Waals surface area contributed by atoms with Crippen LogP contribution in [-0.4, -0.2) is 12.1 Å². The van der Waals surface area contributed by atoms with E-state index in [9.17, 15) is 4.79 Å². The first-order chi connectivity index (χ1) is 4.84.